The number of alkyl halides is 3. The van der Waals surface area contributed by atoms with Crippen LogP contribution in [0.4, 0.5) is 18.9 Å². The molecule has 0 N–H and O–H groups in total. The molecule has 8 nitrogen and oxygen atoms in total. The molecule has 248 valence electrons. The third kappa shape index (κ3) is 7.45. The Morgan fingerprint density at radius 2 is 1.60 bits per heavy atom. The average molecular weight is 650 g/mol. The maximum absolute atomic E-state index is 13.5. The van der Waals surface area contributed by atoms with Crippen molar-refractivity contribution >= 4 is 23.5 Å². The molecule has 2 aliphatic heterocycles. The molecule has 11 heteroatoms. The number of amides is 2. The van der Waals surface area contributed by atoms with Gasteiger partial charge in [0.05, 0.1) is 36.6 Å². The van der Waals surface area contributed by atoms with Crippen LogP contribution < -0.4 is 9.64 Å². The Hall–Kier alpha value is -4.80. The van der Waals surface area contributed by atoms with E-state index in [2.05, 4.69) is 4.90 Å². The minimum Gasteiger partial charge on any atom is -0.492 e. The van der Waals surface area contributed by atoms with Crippen molar-refractivity contribution in [1.29, 1.82) is 0 Å². The number of carbonyl (C=O) groups is 3. The van der Waals surface area contributed by atoms with E-state index in [1.807, 2.05) is 42.2 Å². The number of esters is 1. The van der Waals surface area contributed by atoms with Gasteiger partial charge in [-0.15, -0.1) is 0 Å². The molecule has 1 saturated heterocycles. The van der Waals surface area contributed by atoms with Gasteiger partial charge < -0.3 is 24.2 Å². The maximum atomic E-state index is 13.5. The Bertz CT molecular complexity index is 1650. The standard InChI is InChI=1S/C36H38F3N3O5/c1-4-46-31-12-7-6-11-30(31)40-17-19-41(20-18-40)34(44)27-10-8-9-25(21-27)23-42-24(3)33(35(45)47-5-2)29(22-32(42)43)26-13-15-28(16-14-26)36(37,38)39/h6-16,21,29H,4-5,17-20,22-23H2,1-3H3. The van der Waals surface area contributed by atoms with Crippen LogP contribution in [0.3, 0.4) is 0 Å². The lowest BCUT2D eigenvalue weighted by molar-refractivity contribution is -0.140. The third-order valence-electron chi connectivity index (χ3n) is 8.55. The lowest BCUT2D eigenvalue weighted by Gasteiger charge is -2.37. The normalized spacial score (nSPS) is 17.2. The number of hydrogen-bond donors (Lipinski definition) is 0. The smallest absolute Gasteiger partial charge is 0.416 e. The van der Waals surface area contributed by atoms with Gasteiger partial charge in [0.25, 0.3) is 5.91 Å². The zero-order chi connectivity index (χ0) is 33.7. The van der Waals surface area contributed by atoms with Crippen molar-refractivity contribution in [2.45, 2.75) is 45.8 Å². The molecular formula is C36H38F3N3O5. The van der Waals surface area contributed by atoms with Crippen LogP contribution in [0.15, 0.2) is 84.1 Å². The summed E-state index contributed by atoms with van der Waals surface area (Å²) in [6.07, 6.45) is -4.63. The highest BCUT2D eigenvalue weighted by Crippen LogP contribution is 2.39. The second-order valence-electron chi connectivity index (χ2n) is 11.5. The summed E-state index contributed by atoms with van der Waals surface area (Å²) in [5.74, 6) is -0.973. The van der Waals surface area contributed by atoms with E-state index in [9.17, 15) is 27.6 Å². The summed E-state index contributed by atoms with van der Waals surface area (Å²) in [6, 6.07) is 19.4. The molecule has 0 spiro atoms. The molecule has 0 radical (unpaired) electrons. The summed E-state index contributed by atoms with van der Waals surface area (Å²) < 4.78 is 50.6. The number of anilines is 1. The average Bonchev–Trinajstić information content (AvgIpc) is 3.06. The first kappa shape index (κ1) is 33.6. The number of rotatable bonds is 9. The summed E-state index contributed by atoms with van der Waals surface area (Å²) in [7, 11) is 0. The van der Waals surface area contributed by atoms with Crippen LogP contribution in [-0.4, -0.2) is 67.0 Å². The number of hydrogen-bond acceptors (Lipinski definition) is 6. The van der Waals surface area contributed by atoms with E-state index < -0.39 is 23.6 Å². The summed E-state index contributed by atoms with van der Waals surface area (Å²) in [4.78, 5) is 45.7. The van der Waals surface area contributed by atoms with Gasteiger partial charge in [0, 0.05) is 49.8 Å². The minimum absolute atomic E-state index is 0.0980. The summed E-state index contributed by atoms with van der Waals surface area (Å²) in [6.45, 7) is 8.38. The first-order chi connectivity index (χ1) is 22.5. The van der Waals surface area contributed by atoms with Gasteiger partial charge in [0.2, 0.25) is 5.91 Å². The van der Waals surface area contributed by atoms with Crippen molar-refractivity contribution in [2.75, 3.05) is 44.3 Å². The molecule has 2 amide bonds. The highest BCUT2D eigenvalue weighted by Gasteiger charge is 2.38. The first-order valence-electron chi connectivity index (χ1n) is 15.7. The number of carbonyl (C=O) groups excluding carboxylic acids is 3. The van der Waals surface area contributed by atoms with Gasteiger partial charge in [-0.1, -0.05) is 36.4 Å². The van der Waals surface area contributed by atoms with Crippen molar-refractivity contribution < 1.29 is 37.0 Å². The van der Waals surface area contributed by atoms with E-state index in [-0.39, 0.29) is 37.0 Å². The van der Waals surface area contributed by atoms with Crippen molar-refractivity contribution in [2.24, 2.45) is 0 Å². The highest BCUT2D eigenvalue weighted by molar-refractivity contribution is 5.96. The van der Waals surface area contributed by atoms with Crippen LogP contribution in [-0.2, 0) is 27.0 Å². The predicted molar refractivity (Wildman–Crippen MR) is 171 cm³/mol. The molecule has 1 fully saturated rings. The van der Waals surface area contributed by atoms with Gasteiger partial charge in [-0.2, -0.15) is 13.2 Å². The number of ether oxygens (including phenoxy) is 2. The lowest BCUT2D eigenvalue weighted by Crippen LogP contribution is -2.48. The number of halogens is 3. The summed E-state index contributed by atoms with van der Waals surface area (Å²) >= 11 is 0. The molecule has 2 aliphatic rings. The molecule has 0 saturated carbocycles. The quantitative estimate of drug-likeness (QED) is 0.249. The van der Waals surface area contributed by atoms with Crippen LogP contribution in [0.25, 0.3) is 0 Å². The number of nitrogens with zero attached hydrogens (tertiary/aromatic N) is 3. The van der Waals surface area contributed by atoms with Crippen LogP contribution in [0.5, 0.6) is 5.75 Å². The van der Waals surface area contributed by atoms with E-state index in [4.69, 9.17) is 9.47 Å². The number of piperazine rings is 1. The molecule has 47 heavy (non-hydrogen) atoms. The van der Waals surface area contributed by atoms with E-state index in [1.165, 1.54) is 17.0 Å². The van der Waals surface area contributed by atoms with Crippen molar-refractivity contribution in [3.8, 4) is 5.75 Å². The van der Waals surface area contributed by atoms with Crippen LogP contribution in [0.2, 0.25) is 0 Å². The number of para-hydroxylation sites is 2. The highest BCUT2D eigenvalue weighted by atomic mass is 19.4. The minimum atomic E-state index is -4.51. The van der Waals surface area contributed by atoms with Crippen LogP contribution >= 0.6 is 0 Å². The molecular weight excluding hydrogens is 611 g/mol. The predicted octanol–water partition coefficient (Wildman–Crippen LogP) is 6.42. The Morgan fingerprint density at radius 3 is 2.26 bits per heavy atom. The van der Waals surface area contributed by atoms with Crippen molar-refractivity contribution in [3.63, 3.8) is 0 Å². The van der Waals surface area contributed by atoms with Gasteiger partial charge in [-0.3, -0.25) is 9.59 Å². The second kappa shape index (κ2) is 14.3. The Balaban J connectivity index is 1.33. The van der Waals surface area contributed by atoms with Crippen molar-refractivity contribution in [1.82, 2.24) is 9.80 Å². The lowest BCUT2D eigenvalue weighted by atomic mass is 9.83. The first-order valence-corrected chi connectivity index (χ1v) is 15.7. The van der Waals surface area contributed by atoms with E-state index >= 15 is 0 Å². The largest absolute Gasteiger partial charge is 0.492 e. The summed E-state index contributed by atoms with van der Waals surface area (Å²) in [5, 5.41) is 0. The van der Waals surface area contributed by atoms with Crippen LogP contribution in [0, 0.1) is 0 Å². The molecule has 0 aliphatic carbocycles. The zero-order valence-corrected chi connectivity index (χ0v) is 26.7. The number of benzene rings is 3. The molecule has 0 aromatic heterocycles. The van der Waals surface area contributed by atoms with Crippen LogP contribution in [0.1, 0.15) is 60.2 Å². The Morgan fingerprint density at radius 1 is 0.894 bits per heavy atom. The van der Waals surface area contributed by atoms with Gasteiger partial charge in [0.1, 0.15) is 5.75 Å². The fourth-order valence-electron chi connectivity index (χ4n) is 6.18. The third-order valence-corrected chi connectivity index (χ3v) is 8.55. The molecule has 1 unspecified atom stereocenters. The fraction of sp³-hybridized carbons (Fsp3) is 0.361. The second-order valence-corrected chi connectivity index (χ2v) is 11.5. The maximum Gasteiger partial charge on any atom is 0.416 e. The molecule has 0 bridgehead atoms. The van der Waals surface area contributed by atoms with Crippen molar-refractivity contribution in [3.05, 3.63) is 106 Å². The number of allylic oxidation sites excluding steroid dienone is 1. The van der Waals surface area contributed by atoms with E-state index in [0.29, 0.717) is 55.2 Å². The van der Waals surface area contributed by atoms with Gasteiger partial charge in [0.15, 0.2) is 0 Å². The molecule has 2 heterocycles. The van der Waals surface area contributed by atoms with E-state index in [1.54, 1.807) is 32.0 Å². The molecule has 3 aromatic rings. The topological polar surface area (TPSA) is 79.4 Å². The summed E-state index contributed by atoms with van der Waals surface area (Å²) in [5.41, 5.74) is 2.39. The SMILES string of the molecule is CCOC(=O)C1=C(C)N(Cc2cccc(C(=O)N3CCN(c4ccccc4OCC)CC3)c2)C(=O)CC1c1ccc(C(F)(F)F)cc1. The monoisotopic (exact) mass is 649 g/mol. The van der Waals surface area contributed by atoms with Gasteiger partial charge >= 0.3 is 12.1 Å². The van der Waals surface area contributed by atoms with Gasteiger partial charge in [-0.05, 0) is 68.3 Å². The molecule has 1 atom stereocenters. The molecule has 5 rings (SSSR count). The Kier molecular flexibility index (Phi) is 10.2. The molecule has 3 aromatic carbocycles. The van der Waals surface area contributed by atoms with E-state index in [0.717, 1.165) is 23.6 Å². The Labute approximate surface area is 272 Å². The fourth-order valence-corrected chi connectivity index (χ4v) is 6.18. The van der Waals surface area contributed by atoms with Gasteiger partial charge in [-0.25, -0.2) is 4.79 Å². The zero-order valence-electron chi connectivity index (χ0n) is 26.7.